The van der Waals surface area contributed by atoms with Crippen molar-refractivity contribution in [3.05, 3.63) is 11.1 Å². The Hall–Kier alpha value is -1.63. The number of nitrogens with one attached hydrogen (secondary N) is 1. The molecular weight excluding hydrogens is 278 g/mol. The number of anilines is 1. The molecule has 6 nitrogen and oxygen atoms in total. The molecule has 1 aromatic rings. The average Bonchev–Trinajstić information content (AvgIpc) is 2.71. The lowest BCUT2D eigenvalue weighted by molar-refractivity contribution is -0.149. The van der Waals surface area contributed by atoms with Crippen LogP contribution in [0.15, 0.2) is 5.38 Å². The van der Waals surface area contributed by atoms with Gasteiger partial charge in [0.2, 0.25) is 0 Å². The number of aliphatic carboxylic acids is 1. The summed E-state index contributed by atoms with van der Waals surface area (Å²) in [6.07, 6.45) is 5.14. The fourth-order valence-electron chi connectivity index (χ4n) is 2.60. The Labute approximate surface area is 121 Å². The van der Waals surface area contributed by atoms with Crippen LogP contribution in [-0.4, -0.2) is 28.5 Å². The van der Waals surface area contributed by atoms with Gasteiger partial charge in [-0.3, -0.25) is 9.59 Å². The number of amides is 1. The van der Waals surface area contributed by atoms with Crippen molar-refractivity contribution in [1.29, 1.82) is 0 Å². The summed E-state index contributed by atoms with van der Waals surface area (Å²) < 4.78 is 0. The van der Waals surface area contributed by atoms with Crippen LogP contribution < -0.4 is 11.1 Å². The van der Waals surface area contributed by atoms with Crippen LogP contribution in [-0.2, 0) is 4.79 Å². The zero-order valence-electron chi connectivity index (χ0n) is 11.2. The molecule has 110 valence electrons. The molecule has 1 aliphatic rings. The minimum atomic E-state index is -0.840. The first-order valence-corrected chi connectivity index (χ1v) is 7.64. The minimum absolute atomic E-state index is 0.151. The van der Waals surface area contributed by atoms with Gasteiger partial charge in [-0.25, -0.2) is 4.98 Å². The van der Waals surface area contributed by atoms with Crippen LogP contribution in [0.4, 0.5) is 5.13 Å². The second kappa shape index (κ2) is 6.21. The lowest BCUT2D eigenvalue weighted by atomic mass is 9.80. The van der Waals surface area contributed by atoms with Crippen LogP contribution in [0.3, 0.4) is 0 Å². The Bertz CT molecular complexity index is 493. The smallest absolute Gasteiger partial charge is 0.311 e. The largest absolute Gasteiger partial charge is 0.481 e. The first kappa shape index (κ1) is 14.8. The van der Waals surface area contributed by atoms with Crippen molar-refractivity contribution in [3.8, 4) is 0 Å². The van der Waals surface area contributed by atoms with Gasteiger partial charge in [0.15, 0.2) is 5.13 Å². The first-order chi connectivity index (χ1) is 9.53. The fraction of sp³-hybridized carbons (Fsp3) is 0.615. The highest BCUT2D eigenvalue weighted by molar-refractivity contribution is 7.13. The van der Waals surface area contributed by atoms with Crippen LogP contribution in [0, 0.1) is 5.41 Å². The summed E-state index contributed by atoms with van der Waals surface area (Å²) in [5.41, 5.74) is 4.90. The number of nitrogen functional groups attached to an aromatic ring is 1. The molecule has 1 heterocycles. The molecule has 1 fully saturated rings. The lowest BCUT2D eigenvalue weighted by Gasteiger charge is -2.28. The highest BCUT2D eigenvalue weighted by Crippen LogP contribution is 2.34. The van der Waals surface area contributed by atoms with E-state index in [0.717, 1.165) is 25.7 Å². The number of carboxylic acids is 1. The van der Waals surface area contributed by atoms with Gasteiger partial charge in [0, 0.05) is 11.9 Å². The standard InChI is InChI=1S/C13H19N3O3S/c14-12-16-9(7-20-12)10(17)15-8-13(11(18)19)5-3-1-2-4-6-13/h7H,1-6,8H2,(H2,14,16)(H,15,17)(H,18,19). The molecule has 0 spiro atoms. The predicted molar refractivity (Wildman–Crippen MR) is 76.6 cm³/mol. The second-order valence-electron chi connectivity index (χ2n) is 5.25. The zero-order chi connectivity index (χ0) is 14.6. The number of rotatable bonds is 4. The van der Waals surface area contributed by atoms with Crippen LogP contribution >= 0.6 is 11.3 Å². The summed E-state index contributed by atoms with van der Waals surface area (Å²) in [6.45, 7) is 0.151. The third-order valence-corrected chi connectivity index (χ3v) is 4.53. The van der Waals surface area contributed by atoms with Gasteiger partial charge < -0.3 is 16.2 Å². The third kappa shape index (κ3) is 3.27. The molecule has 0 radical (unpaired) electrons. The molecular formula is C13H19N3O3S. The number of aromatic nitrogens is 1. The Morgan fingerprint density at radius 1 is 1.35 bits per heavy atom. The topological polar surface area (TPSA) is 105 Å². The lowest BCUT2D eigenvalue weighted by Crippen LogP contribution is -2.43. The normalized spacial score (nSPS) is 18.2. The second-order valence-corrected chi connectivity index (χ2v) is 6.14. The average molecular weight is 297 g/mol. The van der Waals surface area contributed by atoms with Crippen molar-refractivity contribution in [2.45, 2.75) is 38.5 Å². The van der Waals surface area contributed by atoms with Gasteiger partial charge in [0.05, 0.1) is 5.41 Å². The molecule has 0 bridgehead atoms. The Morgan fingerprint density at radius 3 is 2.50 bits per heavy atom. The SMILES string of the molecule is Nc1nc(C(=O)NCC2(C(=O)O)CCCCCC2)cs1. The van der Waals surface area contributed by atoms with Crippen LogP contribution in [0.2, 0.25) is 0 Å². The highest BCUT2D eigenvalue weighted by atomic mass is 32.1. The number of thiazole rings is 1. The third-order valence-electron chi connectivity index (χ3n) is 3.86. The maximum absolute atomic E-state index is 11.9. The summed E-state index contributed by atoms with van der Waals surface area (Å²) in [5, 5.41) is 14.1. The van der Waals surface area contributed by atoms with E-state index in [1.807, 2.05) is 0 Å². The van der Waals surface area contributed by atoms with E-state index in [9.17, 15) is 14.7 Å². The van der Waals surface area contributed by atoms with Gasteiger partial charge in [0.25, 0.3) is 5.91 Å². The maximum Gasteiger partial charge on any atom is 0.311 e. The Kier molecular flexibility index (Phi) is 4.59. The molecule has 0 atom stereocenters. The number of nitrogens with two attached hydrogens (primary N) is 1. The summed E-state index contributed by atoms with van der Waals surface area (Å²) in [5.74, 6) is -1.18. The molecule has 4 N–H and O–H groups in total. The highest BCUT2D eigenvalue weighted by Gasteiger charge is 2.39. The fourth-order valence-corrected chi connectivity index (χ4v) is 3.15. The number of hydrogen-bond acceptors (Lipinski definition) is 5. The summed E-state index contributed by atoms with van der Waals surface area (Å²) in [6, 6.07) is 0. The Morgan fingerprint density at radius 2 is 2.00 bits per heavy atom. The van der Waals surface area contributed by atoms with Crippen molar-refractivity contribution in [3.63, 3.8) is 0 Å². The summed E-state index contributed by atoms with van der Waals surface area (Å²) >= 11 is 1.19. The molecule has 0 unspecified atom stereocenters. The van der Waals surface area contributed by atoms with Gasteiger partial charge in [-0.2, -0.15) is 0 Å². The van der Waals surface area contributed by atoms with Crippen molar-refractivity contribution >= 4 is 28.3 Å². The van der Waals surface area contributed by atoms with E-state index in [1.165, 1.54) is 11.3 Å². The van der Waals surface area contributed by atoms with Gasteiger partial charge in [-0.05, 0) is 12.8 Å². The van der Waals surface area contributed by atoms with E-state index in [0.29, 0.717) is 18.0 Å². The molecule has 1 amide bonds. The van der Waals surface area contributed by atoms with E-state index < -0.39 is 11.4 Å². The van der Waals surface area contributed by atoms with Crippen LogP contribution in [0.25, 0.3) is 0 Å². The van der Waals surface area contributed by atoms with E-state index in [4.69, 9.17) is 5.73 Å². The molecule has 7 heteroatoms. The van der Waals surface area contributed by atoms with Gasteiger partial charge >= 0.3 is 5.97 Å². The van der Waals surface area contributed by atoms with E-state index in [1.54, 1.807) is 5.38 Å². The monoisotopic (exact) mass is 297 g/mol. The maximum atomic E-state index is 11.9. The van der Waals surface area contributed by atoms with Gasteiger partial charge in [-0.15, -0.1) is 11.3 Å². The molecule has 20 heavy (non-hydrogen) atoms. The van der Waals surface area contributed by atoms with Gasteiger partial charge in [-0.1, -0.05) is 25.7 Å². The van der Waals surface area contributed by atoms with Crippen molar-refractivity contribution < 1.29 is 14.7 Å². The molecule has 1 aromatic heterocycles. The van der Waals surface area contributed by atoms with Crippen molar-refractivity contribution in [2.75, 3.05) is 12.3 Å². The molecule has 1 saturated carbocycles. The summed E-state index contributed by atoms with van der Waals surface area (Å²) in [4.78, 5) is 27.4. The molecule has 1 aliphatic carbocycles. The van der Waals surface area contributed by atoms with E-state index in [-0.39, 0.29) is 18.1 Å². The summed E-state index contributed by atoms with van der Waals surface area (Å²) in [7, 11) is 0. The molecule has 0 aromatic carbocycles. The van der Waals surface area contributed by atoms with E-state index in [2.05, 4.69) is 10.3 Å². The van der Waals surface area contributed by atoms with Gasteiger partial charge in [0.1, 0.15) is 5.69 Å². The first-order valence-electron chi connectivity index (χ1n) is 6.76. The number of carbonyl (C=O) groups is 2. The van der Waals surface area contributed by atoms with Crippen molar-refractivity contribution in [2.24, 2.45) is 5.41 Å². The number of carbonyl (C=O) groups excluding carboxylic acids is 1. The minimum Gasteiger partial charge on any atom is -0.481 e. The molecule has 0 aliphatic heterocycles. The Balaban J connectivity index is 2.01. The number of hydrogen-bond donors (Lipinski definition) is 3. The quantitative estimate of drug-likeness (QED) is 0.736. The molecule has 0 saturated heterocycles. The van der Waals surface area contributed by atoms with Crippen LogP contribution in [0.1, 0.15) is 49.0 Å². The van der Waals surface area contributed by atoms with Crippen molar-refractivity contribution in [1.82, 2.24) is 10.3 Å². The zero-order valence-corrected chi connectivity index (χ0v) is 12.0. The van der Waals surface area contributed by atoms with Crippen LogP contribution in [0.5, 0.6) is 0 Å². The molecule has 2 rings (SSSR count). The number of carboxylic acid groups (broad SMARTS) is 1. The number of nitrogens with zero attached hydrogens (tertiary/aromatic N) is 1. The van der Waals surface area contributed by atoms with E-state index >= 15 is 0 Å². The predicted octanol–water partition coefficient (Wildman–Crippen LogP) is 1.88.